The molecule has 0 unspecified atom stereocenters. The van der Waals surface area contributed by atoms with Gasteiger partial charge >= 0.3 is 0 Å². The van der Waals surface area contributed by atoms with Crippen LogP contribution in [0, 0.1) is 0 Å². The number of hydrogen-bond acceptors (Lipinski definition) is 4. The Kier molecular flexibility index (Phi) is 7.23. The number of rotatable bonds is 4. The number of aryl methyl sites for hydroxylation is 1. The van der Waals surface area contributed by atoms with Gasteiger partial charge in [0, 0.05) is 38.4 Å². The molecule has 0 radical (unpaired) electrons. The third-order valence-electron chi connectivity index (χ3n) is 4.82. The maximum atomic E-state index is 12.7. The average molecular weight is 367 g/mol. The quantitative estimate of drug-likeness (QED) is 0.854. The van der Waals surface area contributed by atoms with Gasteiger partial charge in [0.2, 0.25) is 11.8 Å². The van der Waals surface area contributed by atoms with Crippen LogP contribution in [0.3, 0.4) is 0 Å². The van der Waals surface area contributed by atoms with Gasteiger partial charge in [-0.15, -0.1) is 12.4 Å². The maximum absolute atomic E-state index is 12.7. The number of amides is 2. The summed E-state index contributed by atoms with van der Waals surface area (Å²) in [5.74, 6) is 0.297. The van der Waals surface area contributed by atoms with Crippen molar-refractivity contribution >= 4 is 29.9 Å². The van der Waals surface area contributed by atoms with Gasteiger partial charge in [-0.1, -0.05) is 18.2 Å². The van der Waals surface area contributed by atoms with E-state index in [9.17, 15) is 9.59 Å². The van der Waals surface area contributed by atoms with Crippen molar-refractivity contribution in [2.75, 3.05) is 57.8 Å². The molecular formula is C18H27ClN4O2. The second-order valence-electron chi connectivity index (χ2n) is 6.46. The molecule has 2 amide bonds. The zero-order valence-corrected chi connectivity index (χ0v) is 15.6. The van der Waals surface area contributed by atoms with Gasteiger partial charge in [0.05, 0.1) is 13.1 Å². The molecule has 1 aromatic rings. The van der Waals surface area contributed by atoms with Crippen LogP contribution in [0.25, 0.3) is 0 Å². The monoisotopic (exact) mass is 366 g/mol. The van der Waals surface area contributed by atoms with Gasteiger partial charge in [0.25, 0.3) is 0 Å². The largest absolute Gasteiger partial charge is 0.339 e. The molecule has 7 heteroatoms. The van der Waals surface area contributed by atoms with Gasteiger partial charge in [-0.3, -0.25) is 14.5 Å². The smallest absolute Gasteiger partial charge is 0.241 e. The van der Waals surface area contributed by atoms with Crippen LogP contribution in [0.4, 0.5) is 5.69 Å². The minimum absolute atomic E-state index is 0. The van der Waals surface area contributed by atoms with Crippen molar-refractivity contribution < 1.29 is 9.59 Å². The molecule has 1 fully saturated rings. The molecule has 0 spiro atoms. The molecule has 0 bridgehead atoms. The van der Waals surface area contributed by atoms with Crippen LogP contribution in [0.5, 0.6) is 0 Å². The molecule has 2 aliphatic rings. The normalized spacial score (nSPS) is 17.6. The second-order valence-corrected chi connectivity index (χ2v) is 6.46. The van der Waals surface area contributed by atoms with Gasteiger partial charge in [0.1, 0.15) is 0 Å². The van der Waals surface area contributed by atoms with E-state index in [1.54, 1.807) is 7.05 Å². The second kappa shape index (κ2) is 9.17. The SMILES string of the molecule is CNCC(=O)N1CCN(CC(=O)N2CCCc3ccccc32)CC1.Cl. The third-order valence-corrected chi connectivity index (χ3v) is 4.82. The Morgan fingerprint density at radius 1 is 1.04 bits per heavy atom. The fourth-order valence-corrected chi connectivity index (χ4v) is 3.49. The minimum Gasteiger partial charge on any atom is -0.339 e. The molecule has 0 aromatic heterocycles. The Balaban J connectivity index is 0.00000225. The Bertz CT molecular complexity index is 602. The molecule has 25 heavy (non-hydrogen) atoms. The molecular weight excluding hydrogens is 340 g/mol. The number of halogens is 1. The fraction of sp³-hybridized carbons (Fsp3) is 0.556. The molecule has 1 aromatic carbocycles. The zero-order valence-electron chi connectivity index (χ0n) is 14.7. The van der Waals surface area contributed by atoms with Gasteiger partial charge in [0.15, 0.2) is 0 Å². The first kappa shape index (κ1) is 19.7. The van der Waals surface area contributed by atoms with E-state index in [4.69, 9.17) is 0 Å². The van der Waals surface area contributed by atoms with Crippen LogP contribution in [-0.4, -0.2) is 74.5 Å². The lowest BCUT2D eigenvalue weighted by atomic mass is 10.0. The van der Waals surface area contributed by atoms with Gasteiger partial charge < -0.3 is 15.1 Å². The number of nitrogens with one attached hydrogen (secondary N) is 1. The summed E-state index contributed by atoms with van der Waals surface area (Å²) in [5.41, 5.74) is 2.33. The zero-order chi connectivity index (χ0) is 16.9. The molecule has 1 saturated heterocycles. The molecule has 6 nitrogen and oxygen atoms in total. The Labute approximate surface area is 155 Å². The molecule has 3 rings (SSSR count). The van der Waals surface area contributed by atoms with Crippen molar-refractivity contribution in [2.45, 2.75) is 12.8 Å². The highest BCUT2D eigenvalue weighted by atomic mass is 35.5. The third kappa shape index (κ3) is 4.71. The number of hydrogen-bond donors (Lipinski definition) is 1. The molecule has 1 N–H and O–H groups in total. The number of benzene rings is 1. The molecule has 0 saturated carbocycles. The van der Waals surface area contributed by atoms with E-state index in [1.165, 1.54) is 5.56 Å². The van der Waals surface area contributed by atoms with Gasteiger partial charge in [-0.25, -0.2) is 0 Å². The van der Waals surface area contributed by atoms with E-state index in [-0.39, 0.29) is 24.2 Å². The van der Waals surface area contributed by atoms with Crippen LogP contribution in [-0.2, 0) is 16.0 Å². The predicted octanol–water partition coefficient (Wildman–Crippen LogP) is 0.751. The van der Waals surface area contributed by atoms with Crippen molar-refractivity contribution in [3.05, 3.63) is 29.8 Å². The first-order valence-electron chi connectivity index (χ1n) is 8.72. The molecule has 0 atom stereocenters. The van der Waals surface area contributed by atoms with E-state index in [0.29, 0.717) is 26.2 Å². The molecule has 2 heterocycles. The fourth-order valence-electron chi connectivity index (χ4n) is 3.49. The highest BCUT2D eigenvalue weighted by molar-refractivity contribution is 5.96. The lowest BCUT2D eigenvalue weighted by Crippen LogP contribution is -2.53. The number of fused-ring (bicyclic) bond motifs is 1. The first-order valence-corrected chi connectivity index (χ1v) is 8.72. The molecule has 0 aliphatic carbocycles. The van der Waals surface area contributed by atoms with Gasteiger partial charge in [-0.05, 0) is 31.5 Å². The summed E-state index contributed by atoms with van der Waals surface area (Å²) >= 11 is 0. The number of likely N-dealkylation sites (N-methyl/N-ethyl adjacent to an activating group) is 1. The Morgan fingerprint density at radius 2 is 1.76 bits per heavy atom. The number of carbonyl (C=O) groups is 2. The topological polar surface area (TPSA) is 55.9 Å². The van der Waals surface area contributed by atoms with E-state index in [1.807, 2.05) is 28.0 Å². The molecule has 2 aliphatic heterocycles. The van der Waals surface area contributed by atoms with E-state index >= 15 is 0 Å². The summed E-state index contributed by atoms with van der Waals surface area (Å²) in [4.78, 5) is 30.6. The maximum Gasteiger partial charge on any atom is 0.241 e. The average Bonchev–Trinajstić information content (AvgIpc) is 2.62. The summed E-state index contributed by atoms with van der Waals surface area (Å²) in [6, 6.07) is 8.19. The van der Waals surface area contributed by atoms with Crippen molar-refractivity contribution in [3.63, 3.8) is 0 Å². The summed E-state index contributed by atoms with van der Waals surface area (Å²) in [5, 5.41) is 2.90. The van der Waals surface area contributed by atoms with Crippen molar-refractivity contribution in [3.8, 4) is 0 Å². The Hall–Kier alpha value is -1.63. The summed E-state index contributed by atoms with van der Waals surface area (Å²) in [7, 11) is 1.78. The summed E-state index contributed by atoms with van der Waals surface area (Å²) in [6.45, 7) is 4.53. The van der Waals surface area contributed by atoms with Crippen LogP contribution in [0.1, 0.15) is 12.0 Å². The lowest BCUT2D eigenvalue weighted by molar-refractivity contribution is -0.132. The number of carbonyl (C=O) groups excluding carboxylic acids is 2. The standard InChI is InChI=1S/C18H26N4O2.ClH/c1-19-13-17(23)21-11-9-20(10-12-21)14-18(24)22-8-4-6-15-5-2-3-7-16(15)22;/h2-3,5,7,19H,4,6,8-14H2,1H3;1H. The van der Waals surface area contributed by atoms with Crippen LogP contribution in [0.2, 0.25) is 0 Å². The van der Waals surface area contributed by atoms with E-state index in [0.717, 1.165) is 38.2 Å². The van der Waals surface area contributed by atoms with Crippen molar-refractivity contribution in [1.82, 2.24) is 15.1 Å². The molecule has 138 valence electrons. The Morgan fingerprint density at radius 3 is 2.48 bits per heavy atom. The van der Waals surface area contributed by atoms with Crippen LogP contribution in [0.15, 0.2) is 24.3 Å². The number of anilines is 1. The summed E-state index contributed by atoms with van der Waals surface area (Å²) in [6.07, 6.45) is 2.07. The van der Waals surface area contributed by atoms with Crippen LogP contribution >= 0.6 is 12.4 Å². The van der Waals surface area contributed by atoms with Crippen molar-refractivity contribution in [1.29, 1.82) is 0 Å². The van der Waals surface area contributed by atoms with Crippen molar-refractivity contribution in [2.24, 2.45) is 0 Å². The van der Waals surface area contributed by atoms with Gasteiger partial charge in [-0.2, -0.15) is 0 Å². The lowest BCUT2D eigenvalue weighted by Gasteiger charge is -2.36. The highest BCUT2D eigenvalue weighted by Crippen LogP contribution is 2.26. The first-order chi connectivity index (χ1) is 11.7. The predicted molar refractivity (Wildman–Crippen MR) is 101 cm³/mol. The highest BCUT2D eigenvalue weighted by Gasteiger charge is 2.26. The number of piperazine rings is 1. The van der Waals surface area contributed by atoms with E-state index in [2.05, 4.69) is 16.3 Å². The number of para-hydroxylation sites is 1. The van der Waals surface area contributed by atoms with Crippen LogP contribution < -0.4 is 10.2 Å². The minimum atomic E-state index is 0. The summed E-state index contributed by atoms with van der Waals surface area (Å²) < 4.78 is 0. The van der Waals surface area contributed by atoms with E-state index < -0.39 is 0 Å². The number of nitrogens with zero attached hydrogens (tertiary/aromatic N) is 3.